The van der Waals surface area contributed by atoms with E-state index in [0.717, 1.165) is 22.4 Å². The van der Waals surface area contributed by atoms with Crippen molar-refractivity contribution in [3.05, 3.63) is 54.0 Å². The maximum absolute atomic E-state index is 5.67. The van der Waals surface area contributed by atoms with Crippen LogP contribution in [0.15, 0.2) is 42.7 Å². The molecule has 2 aromatic heterocycles. The lowest BCUT2D eigenvalue weighted by Gasteiger charge is -2.11. The van der Waals surface area contributed by atoms with Crippen molar-refractivity contribution in [2.24, 2.45) is 0 Å². The van der Waals surface area contributed by atoms with Crippen LogP contribution < -0.4 is 10.5 Å². The van der Waals surface area contributed by atoms with Gasteiger partial charge in [-0.25, -0.2) is 9.97 Å². The smallest absolute Gasteiger partial charge is 0.316 e. The number of nitrogen functional groups attached to an aromatic ring is 1. The predicted molar refractivity (Wildman–Crippen MR) is 84.5 cm³/mol. The van der Waals surface area contributed by atoms with Gasteiger partial charge in [0.2, 0.25) is 0 Å². The molecule has 112 valence electrons. The zero-order valence-electron chi connectivity index (χ0n) is 12.4. The molecule has 0 amide bonds. The van der Waals surface area contributed by atoms with Gasteiger partial charge in [-0.15, -0.1) is 0 Å². The lowest BCUT2D eigenvalue weighted by atomic mass is 9.95. The number of anilines is 1. The van der Waals surface area contributed by atoms with Gasteiger partial charge in [-0.2, -0.15) is 5.10 Å². The van der Waals surface area contributed by atoms with Crippen LogP contribution in [0.3, 0.4) is 0 Å². The minimum atomic E-state index is 0.170. The summed E-state index contributed by atoms with van der Waals surface area (Å²) in [6.45, 7) is 2.11. The Hall–Kier alpha value is -2.89. The summed E-state index contributed by atoms with van der Waals surface area (Å²) in [4.78, 5) is 8.29. The van der Waals surface area contributed by atoms with Crippen molar-refractivity contribution in [3.63, 3.8) is 0 Å². The number of aromatic amines is 1. The van der Waals surface area contributed by atoms with Crippen molar-refractivity contribution in [2.75, 3.05) is 12.8 Å². The second kappa shape index (κ2) is 5.85. The Bertz CT molecular complexity index is 766. The minimum Gasteiger partial charge on any atom is -0.467 e. The van der Waals surface area contributed by atoms with Crippen LogP contribution in [0, 0.1) is 0 Å². The number of rotatable bonds is 4. The third kappa shape index (κ3) is 2.76. The van der Waals surface area contributed by atoms with Gasteiger partial charge < -0.3 is 10.5 Å². The fourth-order valence-electron chi connectivity index (χ4n) is 2.31. The number of nitrogens with one attached hydrogen (secondary N) is 1. The fourth-order valence-corrected chi connectivity index (χ4v) is 2.31. The van der Waals surface area contributed by atoms with E-state index in [0.29, 0.717) is 11.8 Å². The van der Waals surface area contributed by atoms with Crippen LogP contribution in [0.1, 0.15) is 24.1 Å². The Morgan fingerprint density at radius 3 is 2.55 bits per heavy atom. The summed E-state index contributed by atoms with van der Waals surface area (Å²) in [6, 6.07) is 10.5. The minimum absolute atomic E-state index is 0.170. The number of hydrogen-bond acceptors (Lipinski definition) is 5. The number of H-pyrrole nitrogens is 1. The van der Waals surface area contributed by atoms with E-state index in [9.17, 15) is 0 Å². The molecule has 3 aromatic rings. The Morgan fingerprint density at radius 1 is 1.14 bits per heavy atom. The second-order valence-corrected chi connectivity index (χ2v) is 5.05. The van der Waals surface area contributed by atoms with Crippen LogP contribution in [-0.4, -0.2) is 27.3 Å². The molecule has 1 aromatic carbocycles. The summed E-state index contributed by atoms with van der Waals surface area (Å²) in [5.74, 6) is 0.672. The average molecular weight is 295 g/mol. The van der Waals surface area contributed by atoms with Crippen LogP contribution in [0.4, 0.5) is 5.82 Å². The molecule has 3 N–H and O–H groups in total. The topological polar surface area (TPSA) is 89.7 Å². The van der Waals surface area contributed by atoms with E-state index in [1.807, 2.05) is 18.2 Å². The van der Waals surface area contributed by atoms with Gasteiger partial charge in [-0.3, -0.25) is 5.10 Å². The van der Waals surface area contributed by atoms with Gasteiger partial charge in [-0.05, 0) is 11.1 Å². The zero-order valence-corrected chi connectivity index (χ0v) is 12.4. The Kier molecular flexibility index (Phi) is 3.74. The first-order valence-corrected chi connectivity index (χ1v) is 6.94. The van der Waals surface area contributed by atoms with Gasteiger partial charge in [0.1, 0.15) is 5.82 Å². The highest BCUT2D eigenvalue weighted by molar-refractivity contribution is 5.63. The summed E-state index contributed by atoms with van der Waals surface area (Å²) >= 11 is 0. The molecule has 6 heteroatoms. The molecular formula is C16H17N5O. The van der Waals surface area contributed by atoms with Gasteiger partial charge >= 0.3 is 6.01 Å². The van der Waals surface area contributed by atoms with E-state index in [-0.39, 0.29) is 5.92 Å². The number of aromatic nitrogens is 4. The maximum atomic E-state index is 5.67. The molecule has 22 heavy (non-hydrogen) atoms. The molecule has 0 spiro atoms. The van der Waals surface area contributed by atoms with Gasteiger partial charge in [0.15, 0.2) is 0 Å². The van der Waals surface area contributed by atoms with E-state index in [2.05, 4.69) is 39.2 Å². The first kappa shape index (κ1) is 14.1. The highest BCUT2D eigenvalue weighted by Gasteiger charge is 2.12. The van der Waals surface area contributed by atoms with E-state index >= 15 is 0 Å². The van der Waals surface area contributed by atoms with Crippen molar-refractivity contribution in [1.82, 2.24) is 20.2 Å². The molecule has 0 aliphatic rings. The van der Waals surface area contributed by atoms with Crippen LogP contribution in [0.25, 0.3) is 11.1 Å². The molecule has 0 saturated heterocycles. The molecule has 0 fully saturated rings. The molecule has 0 saturated carbocycles. The largest absolute Gasteiger partial charge is 0.467 e. The van der Waals surface area contributed by atoms with E-state index < -0.39 is 0 Å². The second-order valence-electron chi connectivity index (χ2n) is 5.05. The molecule has 0 aliphatic carbocycles. The maximum Gasteiger partial charge on any atom is 0.316 e. The molecule has 0 aliphatic heterocycles. The summed E-state index contributed by atoms with van der Waals surface area (Å²) in [6.07, 6.45) is 3.51. The monoisotopic (exact) mass is 295 g/mol. The number of hydrogen-bond donors (Lipinski definition) is 2. The summed E-state index contributed by atoms with van der Waals surface area (Å²) < 4.78 is 4.98. The normalized spacial score (nSPS) is 12.1. The van der Waals surface area contributed by atoms with Gasteiger partial charge in [-0.1, -0.05) is 31.2 Å². The molecule has 6 nitrogen and oxygen atoms in total. The molecule has 2 heterocycles. The summed E-state index contributed by atoms with van der Waals surface area (Å²) in [5, 5.41) is 6.94. The van der Waals surface area contributed by atoms with Gasteiger partial charge in [0, 0.05) is 35.6 Å². The summed E-state index contributed by atoms with van der Waals surface area (Å²) in [5.41, 5.74) is 9.82. The van der Waals surface area contributed by atoms with E-state index in [4.69, 9.17) is 10.5 Å². The standard InChI is InChI=1S/C16H17N5O/c1-10(14-7-15(17)21-20-14)11-4-3-5-12(6-11)13-8-18-16(22-2)19-9-13/h3-10H,1-2H3,(H3,17,20,21). The van der Waals surface area contributed by atoms with Crippen LogP contribution in [0.5, 0.6) is 6.01 Å². The van der Waals surface area contributed by atoms with Crippen LogP contribution in [-0.2, 0) is 0 Å². The van der Waals surface area contributed by atoms with E-state index in [1.54, 1.807) is 19.5 Å². The molecule has 1 unspecified atom stereocenters. The number of methoxy groups -OCH3 is 1. The average Bonchev–Trinajstić information content (AvgIpc) is 3.01. The Labute approximate surface area is 128 Å². The van der Waals surface area contributed by atoms with E-state index in [1.165, 1.54) is 0 Å². The van der Waals surface area contributed by atoms with Crippen LogP contribution >= 0.6 is 0 Å². The number of benzene rings is 1. The van der Waals surface area contributed by atoms with Gasteiger partial charge in [0.25, 0.3) is 0 Å². The van der Waals surface area contributed by atoms with Crippen molar-refractivity contribution < 1.29 is 4.74 Å². The van der Waals surface area contributed by atoms with Crippen molar-refractivity contribution in [3.8, 4) is 17.1 Å². The third-order valence-corrected chi connectivity index (χ3v) is 3.61. The summed E-state index contributed by atoms with van der Waals surface area (Å²) in [7, 11) is 1.55. The number of nitrogens with two attached hydrogens (primary N) is 1. The number of ether oxygens (including phenoxy) is 1. The van der Waals surface area contributed by atoms with Crippen LogP contribution in [0.2, 0.25) is 0 Å². The van der Waals surface area contributed by atoms with Crippen molar-refractivity contribution >= 4 is 5.82 Å². The Balaban J connectivity index is 1.91. The molecule has 3 rings (SSSR count). The predicted octanol–water partition coefficient (Wildman–Crippen LogP) is 2.61. The Morgan fingerprint density at radius 2 is 1.91 bits per heavy atom. The quantitative estimate of drug-likeness (QED) is 0.772. The lowest BCUT2D eigenvalue weighted by Crippen LogP contribution is -1.97. The molecule has 0 bridgehead atoms. The first-order valence-electron chi connectivity index (χ1n) is 6.94. The highest BCUT2D eigenvalue weighted by atomic mass is 16.5. The fraction of sp³-hybridized carbons (Fsp3) is 0.188. The SMILES string of the molecule is COc1ncc(-c2cccc(C(C)c3cc(N)n[nH]3)c2)cn1. The van der Waals surface area contributed by atoms with Gasteiger partial charge in [0.05, 0.1) is 7.11 Å². The third-order valence-electron chi connectivity index (χ3n) is 3.61. The molecule has 0 radical (unpaired) electrons. The number of nitrogens with zero attached hydrogens (tertiary/aromatic N) is 3. The highest BCUT2D eigenvalue weighted by Crippen LogP contribution is 2.27. The molecular weight excluding hydrogens is 278 g/mol. The van der Waals surface area contributed by atoms with Crippen molar-refractivity contribution in [1.29, 1.82) is 0 Å². The molecule has 1 atom stereocenters. The zero-order chi connectivity index (χ0) is 15.5. The lowest BCUT2D eigenvalue weighted by molar-refractivity contribution is 0.380. The first-order chi connectivity index (χ1) is 10.7. The van der Waals surface area contributed by atoms with Crippen molar-refractivity contribution in [2.45, 2.75) is 12.8 Å².